The van der Waals surface area contributed by atoms with E-state index in [0.717, 1.165) is 10.6 Å². The van der Waals surface area contributed by atoms with E-state index in [1.807, 2.05) is 6.07 Å². The van der Waals surface area contributed by atoms with E-state index in [-0.39, 0.29) is 46.1 Å². The van der Waals surface area contributed by atoms with Gasteiger partial charge in [-0.3, -0.25) is 9.36 Å². The third-order valence-electron chi connectivity index (χ3n) is 4.67. The van der Waals surface area contributed by atoms with Gasteiger partial charge in [-0.1, -0.05) is 23.7 Å². The van der Waals surface area contributed by atoms with Crippen LogP contribution in [0.3, 0.4) is 0 Å². The van der Waals surface area contributed by atoms with Crippen LogP contribution in [-0.2, 0) is 6.18 Å². The molecule has 4 rings (SSSR count). The first kappa shape index (κ1) is 19.2. The van der Waals surface area contributed by atoms with Gasteiger partial charge >= 0.3 is 6.18 Å². The van der Waals surface area contributed by atoms with Gasteiger partial charge in [0.25, 0.3) is 5.56 Å². The predicted octanol–water partition coefficient (Wildman–Crippen LogP) is 3.11. The van der Waals surface area contributed by atoms with Gasteiger partial charge in [-0.15, -0.1) is 0 Å². The maximum Gasteiger partial charge on any atom is 0.433 e. The summed E-state index contributed by atoms with van der Waals surface area (Å²) in [5.41, 5.74) is -2.27. The lowest BCUT2D eigenvalue weighted by atomic mass is 10.0. The van der Waals surface area contributed by atoms with Crippen LogP contribution in [0.15, 0.2) is 41.2 Å². The molecule has 3 aromatic rings. The van der Waals surface area contributed by atoms with Crippen molar-refractivity contribution in [2.24, 2.45) is 0 Å². The Morgan fingerprint density at radius 1 is 1.21 bits per heavy atom. The number of hydrogen-bond acceptors (Lipinski definition) is 5. The fourth-order valence-corrected chi connectivity index (χ4v) is 3.55. The molecule has 1 aliphatic rings. The maximum absolute atomic E-state index is 13.3. The molecule has 29 heavy (non-hydrogen) atoms. The molecule has 1 N–H and O–H groups in total. The van der Waals surface area contributed by atoms with E-state index in [0.29, 0.717) is 0 Å². The van der Waals surface area contributed by atoms with Crippen LogP contribution in [0.4, 0.5) is 18.9 Å². The van der Waals surface area contributed by atoms with Gasteiger partial charge in [0.05, 0.1) is 22.5 Å². The number of fused-ring (bicyclic) bond motifs is 1. The Morgan fingerprint density at radius 2 is 1.90 bits per heavy atom. The van der Waals surface area contributed by atoms with Crippen molar-refractivity contribution >= 4 is 28.3 Å². The number of nitriles is 1. The number of rotatable bonds is 2. The molecule has 0 aliphatic carbocycles. The summed E-state index contributed by atoms with van der Waals surface area (Å²) in [7, 11) is 0. The fourth-order valence-electron chi connectivity index (χ4n) is 3.33. The highest BCUT2D eigenvalue weighted by molar-refractivity contribution is 6.32. The molecular weight excluding hydrogens is 409 g/mol. The summed E-state index contributed by atoms with van der Waals surface area (Å²) in [6.07, 6.45) is -5.37. The van der Waals surface area contributed by atoms with Gasteiger partial charge in [0.15, 0.2) is 0 Å². The zero-order valence-electron chi connectivity index (χ0n) is 14.6. The third kappa shape index (κ3) is 3.10. The van der Waals surface area contributed by atoms with Crippen molar-refractivity contribution in [3.8, 4) is 11.8 Å². The number of alkyl halides is 3. The molecule has 0 unspecified atom stereocenters. The first-order chi connectivity index (χ1) is 13.7. The predicted molar refractivity (Wildman–Crippen MR) is 100 cm³/mol. The second-order valence-electron chi connectivity index (χ2n) is 6.55. The van der Waals surface area contributed by atoms with E-state index in [4.69, 9.17) is 11.6 Å². The van der Waals surface area contributed by atoms with Gasteiger partial charge in [0.1, 0.15) is 23.0 Å². The summed E-state index contributed by atoms with van der Waals surface area (Å²) in [6.45, 7) is 0.306. The summed E-state index contributed by atoms with van der Waals surface area (Å²) in [6, 6.07) is 9.93. The first-order valence-electron chi connectivity index (χ1n) is 8.47. The highest BCUT2D eigenvalue weighted by Crippen LogP contribution is 2.36. The van der Waals surface area contributed by atoms with Crippen molar-refractivity contribution < 1.29 is 18.3 Å². The average molecular weight is 421 g/mol. The van der Waals surface area contributed by atoms with E-state index >= 15 is 0 Å². The highest BCUT2D eigenvalue weighted by atomic mass is 35.5. The number of hydrogen-bond donors (Lipinski definition) is 1. The lowest BCUT2D eigenvalue weighted by Crippen LogP contribution is -2.51. The van der Waals surface area contributed by atoms with E-state index in [9.17, 15) is 28.3 Å². The molecule has 148 valence electrons. The van der Waals surface area contributed by atoms with Crippen LogP contribution in [-0.4, -0.2) is 33.9 Å². The van der Waals surface area contributed by atoms with E-state index in [2.05, 4.69) is 4.98 Å². The molecular formula is C19H12ClF3N4O2. The van der Waals surface area contributed by atoms with Crippen LogP contribution < -0.4 is 10.5 Å². The summed E-state index contributed by atoms with van der Waals surface area (Å²) >= 11 is 6.18. The van der Waals surface area contributed by atoms with Gasteiger partial charge in [0.2, 0.25) is 0 Å². The van der Waals surface area contributed by atoms with E-state index in [1.54, 1.807) is 17.0 Å². The van der Waals surface area contributed by atoms with Crippen LogP contribution >= 0.6 is 11.6 Å². The SMILES string of the molecule is N#Cc1c(N2CC(O)C2)c2ccc(C(F)(F)F)nc2n(-c2ccccc2Cl)c1=O. The van der Waals surface area contributed by atoms with Gasteiger partial charge in [0, 0.05) is 18.5 Å². The highest BCUT2D eigenvalue weighted by Gasteiger charge is 2.35. The number of anilines is 1. The van der Waals surface area contributed by atoms with E-state index in [1.165, 1.54) is 18.2 Å². The molecule has 2 aromatic heterocycles. The van der Waals surface area contributed by atoms with Crippen LogP contribution in [0.1, 0.15) is 11.3 Å². The van der Waals surface area contributed by atoms with Gasteiger partial charge in [-0.25, -0.2) is 4.98 Å². The Balaban J connectivity index is 2.15. The van der Waals surface area contributed by atoms with Crippen molar-refractivity contribution in [3.63, 3.8) is 0 Å². The number of β-amino-alcohol motifs (C(OH)–C–C–N with tert-alkyl or cyclic N) is 1. The normalized spacial score (nSPS) is 14.7. The number of benzene rings is 1. The number of pyridine rings is 2. The lowest BCUT2D eigenvalue weighted by Gasteiger charge is -2.39. The molecule has 0 radical (unpaired) electrons. The lowest BCUT2D eigenvalue weighted by molar-refractivity contribution is -0.141. The van der Waals surface area contributed by atoms with Crippen LogP contribution in [0.5, 0.6) is 0 Å². The number of para-hydroxylation sites is 1. The smallest absolute Gasteiger partial charge is 0.389 e. The second kappa shape index (κ2) is 6.76. The minimum absolute atomic E-state index is 0.114. The Morgan fingerprint density at radius 3 is 2.48 bits per heavy atom. The summed E-state index contributed by atoms with van der Waals surface area (Å²) in [4.78, 5) is 18.4. The molecule has 0 bridgehead atoms. The van der Waals surface area contributed by atoms with Crippen LogP contribution in [0.25, 0.3) is 16.7 Å². The molecule has 0 atom stereocenters. The molecule has 1 aliphatic heterocycles. The minimum atomic E-state index is -4.73. The molecule has 0 amide bonds. The summed E-state index contributed by atoms with van der Waals surface area (Å²) < 4.78 is 40.8. The molecule has 3 heterocycles. The summed E-state index contributed by atoms with van der Waals surface area (Å²) in [5.74, 6) is 0. The van der Waals surface area contributed by atoms with Crippen LogP contribution in [0.2, 0.25) is 5.02 Å². The monoisotopic (exact) mass is 420 g/mol. The molecule has 1 saturated heterocycles. The molecule has 0 spiro atoms. The molecule has 0 saturated carbocycles. The van der Waals surface area contributed by atoms with Crippen LogP contribution in [0, 0.1) is 11.3 Å². The maximum atomic E-state index is 13.3. The van der Waals surface area contributed by atoms with Crippen molar-refractivity contribution in [1.82, 2.24) is 9.55 Å². The third-order valence-corrected chi connectivity index (χ3v) is 4.99. The van der Waals surface area contributed by atoms with Gasteiger partial charge in [-0.05, 0) is 24.3 Å². The van der Waals surface area contributed by atoms with Crippen molar-refractivity contribution in [2.75, 3.05) is 18.0 Å². The molecule has 1 fully saturated rings. The summed E-state index contributed by atoms with van der Waals surface area (Å²) in [5, 5.41) is 19.5. The van der Waals surface area contributed by atoms with E-state index < -0.39 is 23.5 Å². The Bertz CT molecular complexity index is 1230. The number of aliphatic hydroxyl groups excluding tert-OH is 1. The minimum Gasteiger partial charge on any atom is -0.389 e. The zero-order chi connectivity index (χ0) is 20.9. The number of halogens is 4. The average Bonchev–Trinajstić information content (AvgIpc) is 2.64. The molecule has 1 aromatic carbocycles. The quantitative estimate of drug-likeness (QED) is 0.689. The Kier molecular flexibility index (Phi) is 4.48. The van der Waals surface area contributed by atoms with Gasteiger partial charge in [-0.2, -0.15) is 18.4 Å². The number of aliphatic hydroxyl groups is 1. The van der Waals surface area contributed by atoms with Crippen molar-refractivity contribution in [1.29, 1.82) is 5.26 Å². The second-order valence-corrected chi connectivity index (χ2v) is 6.96. The number of aromatic nitrogens is 2. The Hall–Kier alpha value is -3.09. The fraction of sp³-hybridized carbons (Fsp3) is 0.211. The molecule has 6 nitrogen and oxygen atoms in total. The zero-order valence-corrected chi connectivity index (χ0v) is 15.4. The van der Waals surface area contributed by atoms with Crippen molar-refractivity contribution in [2.45, 2.75) is 12.3 Å². The number of nitrogens with zero attached hydrogens (tertiary/aromatic N) is 4. The largest absolute Gasteiger partial charge is 0.433 e. The van der Waals surface area contributed by atoms with Crippen molar-refractivity contribution in [3.05, 3.63) is 63.0 Å². The molecule has 10 heteroatoms. The Labute approximate surface area is 167 Å². The topological polar surface area (TPSA) is 82.2 Å². The first-order valence-corrected chi connectivity index (χ1v) is 8.85. The van der Waals surface area contributed by atoms with Gasteiger partial charge < -0.3 is 10.0 Å². The standard InChI is InChI=1S/C19H12ClF3N4O2/c20-13-3-1-2-4-14(13)27-17-11(5-6-15(25-17)19(21,22)23)16(12(7-24)18(27)29)26-8-10(28)9-26/h1-6,10,28H,8-9H2.